The minimum absolute atomic E-state index is 0.181. The minimum Gasteiger partial charge on any atom is -0.454 e. The molecule has 1 aliphatic rings. The summed E-state index contributed by atoms with van der Waals surface area (Å²) in [6.45, 7) is 0.247. The molecule has 0 bridgehead atoms. The Bertz CT molecular complexity index is 665. The smallest absolute Gasteiger partial charge is 0.231 e. The van der Waals surface area contributed by atoms with Gasteiger partial charge in [-0.25, -0.2) is 0 Å². The molecule has 1 unspecified atom stereocenters. The highest BCUT2D eigenvalue weighted by molar-refractivity contribution is 5.64. The van der Waals surface area contributed by atoms with Crippen molar-refractivity contribution in [2.24, 2.45) is 0 Å². The molecule has 0 spiro atoms. The number of benzene rings is 2. The first-order valence-electron chi connectivity index (χ1n) is 7.28. The van der Waals surface area contributed by atoms with Crippen molar-refractivity contribution < 1.29 is 14.3 Å². The van der Waals surface area contributed by atoms with Crippen LogP contribution in [-0.2, 0) is 11.2 Å². The monoisotopic (exact) mass is 297 g/mol. The third-order valence-electron chi connectivity index (χ3n) is 3.90. The second-order valence-electron chi connectivity index (χ2n) is 5.62. The van der Waals surface area contributed by atoms with Crippen LogP contribution in [0, 0.1) is 0 Å². The molecular formula is C18H19NO3. The summed E-state index contributed by atoms with van der Waals surface area (Å²) in [5, 5.41) is 0. The fourth-order valence-corrected chi connectivity index (χ4v) is 2.57. The van der Waals surface area contributed by atoms with Crippen molar-refractivity contribution in [3.05, 3.63) is 53.6 Å². The zero-order valence-corrected chi connectivity index (χ0v) is 12.8. The Kier molecular flexibility index (Phi) is 4.00. The van der Waals surface area contributed by atoms with Crippen LogP contribution in [0.4, 0.5) is 5.69 Å². The number of ether oxygens (including phenoxy) is 2. The van der Waals surface area contributed by atoms with Gasteiger partial charge in [0, 0.05) is 25.7 Å². The highest BCUT2D eigenvalue weighted by Gasteiger charge is 2.18. The van der Waals surface area contributed by atoms with Crippen LogP contribution >= 0.6 is 0 Å². The molecule has 0 aliphatic carbocycles. The van der Waals surface area contributed by atoms with E-state index in [1.807, 2.05) is 32.3 Å². The number of nitrogens with zero attached hydrogens (tertiary/aromatic N) is 1. The van der Waals surface area contributed by atoms with Crippen LogP contribution in [-0.4, -0.2) is 27.2 Å². The van der Waals surface area contributed by atoms with Crippen LogP contribution in [0.2, 0.25) is 0 Å². The molecule has 114 valence electrons. The maximum atomic E-state index is 11.5. The summed E-state index contributed by atoms with van der Waals surface area (Å²) in [5.74, 6) is 1.27. The molecule has 3 rings (SSSR count). The zero-order chi connectivity index (χ0) is 15.5. The third-order valence-corrected chi connectivity index (χ3v) is 3.90. The Morgan fingerprint density at radius 3 is 2.50 bits per heavy atom. The van der Waals surface area contributed by atoms with Gasteiger partial charge < -0.3 is 19.2 Å². The lowest BCUT2D eigenvalue weighted by Gasteiger charge is -2.15. The number of carbonyl (C=O) groups is 1. The van der Waals surface area contributed by atoms with Gasteiger partial charge in [-0.1, -0.05) is 18.2 Å². The third kappa shape index (κ3) is 2.91. The molecule has 0 fully saturated rings. The molecule has 0 radical (unpaired) electrons. The van der Waals surface area contributed by atoms with Crippen molar-refractivity contribution in [1.29, 1.82) is 0 Å². The standard InChI is InChI=1S/C18H19NO3/c1-19(2)16-6-3-13(4-7-16)9-15(11-20)14-5-8-17-18(10-14)22-12-21-17/h3-8,10-11,15H,9,12H2,1-2H3. The van der Waals surface area contributed by atoms with Crippen LogP contribution in [0.3, 0.4) is 0 Å². The quantitative estimate of drug-likeness (QED) is 0.795. The average molecular weight is 297 g/mol. The molecule has 4 nitrogen and oxygen atoms in total. The number of hydrogen-bond acceptors (Lipinski definition) is 4. The SMILES string of the molecule is CN(C)c1ccc(CC(C=O)c2ccc3c(c2)OCO3)cc1. The molecule has 0 amide bonds. The van der Waals surface area contributed by atoms with Gasteiger partial charge in [0.05, 0.1) is 0 Å². The van der Waals surface area contributed by atoms with Crippen molar-refractivity contribution in [3.63, 3.8) is 0 Å². The summed E-state index contributed by atoms with van der Waals surface area (Å²) in [4.78, 5) is 13.6. The number of anilines is 1. The first-order valence-corrected chi connectivity index (χ1v) is 7.28. The van der Waals surface area contributed by atoms with Crippen molar-refractivity contribution in [3.8, 4) is 11.5 Å². The van der Waals surface area contributed by atoms with Gasteiger partial charge in [-0.05, 0) is 41.8 Å². The molecule has 4 heteroatoms. The van der Waals surface area contributed by atoms with E-state index in [9.17, 15) is 4.79 Å². The van der Waals surface area contributed by atoms with Crippen LogP contribution in [0.15, 0.2) is 42.5 Å². The molecule has 1 heterocycles. The van der Waals surface area contributed by atoms with Gasteiger partial charge >= 0.3 is 0 Å². The van der Waals surface area contributed by atoms with Crippen molar-refractivity contribution >= 4 is 12.0 Å². The molecule has 0 N–H and O–H groups in total. The molecule has 0 saturated heterocycles. The van der Waals surface area contributed by atoms with E-state index in [0.29, 0.717) is 12.2 Å². The number of hydrogen-bond donors (Lipinski definition) is 0. The second-order valence-corrected chi connectivity index (χ2v) is 5.62. The Labute approximate surface area is 130 Å². The summed E-state index contributed by atoms with van der Waals surface area (Å²) in [7, 11) is 4.02. The van der Waals surface area contributed by atoms with Gasteiger partial charge in [0.25, 0.3) is 0 Å². The lowest BCUT2D eigenvalue weighted by molar-refractivity contribution is -0.109. The van der Waals surface area contributed by atoms with Crippen LogP contribution in [0.1, 0.15) is 17.0 Å². The van der Waals surface area contributed by atoms with E-state index < -0.39 is 0 Å². The lowest BCUT2D eigenvalue weighted by Crippen LogP contribution is -2.09. The van der Waals surface area contributed by atoms with Gasteiger partial charge in [0.15, 0.2) is 11.5 Å². The molecule has 1 aliphatic heterocycles. The maximum absolute atomic E-state index is 11.5. The van der Waals surface area contributed by atoms with Crippen LogP contribution < -0.4 is 14.4 Å². The predicted octanol–water partition coefficient (Wildman–Crippen LogP) is 3.01. The van der Waals surface area contributed by atoms with Crippen molar-refractivity contribution in [1.82, 2.24) is 0 Å². The number of rotatable bonds is 5. The second kappa shape index (κ2) is 6.10. The molecule has 2 aromatic rings. The molecule has 0 aromatic heterocycles. The highest BCUT2D eigenvalue weighted by Crippen LogP contribution is 2.35. The van der Waals surface area contributed by atoms with E-state index in [-0.39, 0.29) is 12.7 Å². The molecule has 2 aromatic carbocycles. The first-order chi connectivity index (χ1) is 10.7. The minimum atomic E-state index is -0.181. The van der Waals surface area contributed by atoms with Gasteiger partial charge in [0.1, 0.15) is 6.29 Å². The normalized spacial score (nSPS) is 13.7. The van der Waals surface area contributed by atoms with E-state index >= 15 is 0 Å². The number of carbonyl (C=O) groups excluding carboxylic acids is 1. The largest absolute Gasteiger partial charge is 0.454 e. The van der Waals surface area contributed by atoms with Crippen LogP contribution in [0.5, 0.6) is 11.5 Å². The predicted molar refractivity (Wildman–Crippen MR) is 85.8 cm³/mol. The van der Waals surface area contributed by atoms with Gasteiger partial charge in [0.2, 0.25) is 6.79 Å². The summed E-state index contributed by atoms with van der Waals surface area (Å²) in [6.07, 6.45) is 1.67. The van der Waals surface area contributed by atoms with Crippen molar-refractivity contribution in [2.45, 2.75) is 12.3 Å². The zero-order valence-electron chi connectivity index (χ0n) is 12.8. The Hall–Kier alpha value is -2.49. The van der Waals surface area contributed by atoms with E-state index in [1.54, 1.807) is 0 Å². The van der Waals surface area contributed by atoms with E-state index in [0.717, 1.165) is 28.8 Å². The fraction of sp³-hybridized carbons (Fsp3) is 0.278. The first kappa shape index (κ1) is 14.4. The molecule has 22 heavy (non-hydrogen) atoms. The van der Waals surface area contributed by atoms with Gasteiger partial charge in [-0.3, -0.25) is 0 Å². The Morgan fingerprint density at radius 2 is 1.82 bits per heavy atom. The summed E-state index contributed by atoms with van der Waals surface area (Å²) >= 11 is 0. The summed E-state index contributed by atoms with van der Waals surface area (Å²) < 4.78 is 10.7. The lowest BCUT2D eigenvalue weighted by atomic mass is 9.93. The summed E-state index contributed by atoms with van der Waals surface area (Å²) in [5.41, 5.74) is 3.24. The van der Waals surface area contributed by atoms with Crippen molar-refractivity contribution in [2.75, 3.05) is 25.8 Å². The average Bonchev–Trinajstić information content (AvgIpc) is 3.00. The number of aldehydes is 1. The molecule has 1 atom stereocenters. The van der Waals surface area contributed by atoms with Gasteiger partial charge in [-0.2, -0.15) is 0 Å². The van der Waals surface area contributed by atoms with E-state index in [2.05, 4.69) is 29.2 Å². The van der Waals surface area contributed by atoms with E-state index in [4.69, 9.17) is 9.47 Å². The van der Waals surface area contributed by atoms with E-state index in [1.165, 1.54) is 0 Å². The fourth-order valence-electron chi connectivity index (χ4n) is 2.57. The number of fused-ring (bicyclic) bond motifs is 1. The Morgan fingerprint density at radius 1 is 1.09 bits per heavy atom. The molecular weight excluding hydrogens is 278 g/mol. The molecule has 0 saturated carbocycles. The highest BCUT2D eigenvalue weighted by atomic mass is 16.7. The topological polar surface area (TPSA) is 38.8 Å². The van der Waals surface area contributed by atoms with Crippen LogP contribution in [0.25, 0.3) is 0 Å². The summed E-state index contributed by atoms with van der Waals surface area (Å²) in [6, 6.07) is 14.0. The maximum Gasteiger partial charge on any atom is 0.231 e. The van der Waals surface area contributed by atoms with Gasteiger partial charge in [-0.15, -0.1) is 0 Å². The Balaban J connectivity index is 1.78.